The van der Waals surface area contributed by atoms with Gasteiger partial charge in [-0.25, -0.2) is 19.7 Å². The number of ether oxygens (including phenoxy) is 6. The molecule has 1 unspecified atom stereocenters. The number of benzene rings is 4. The Bertz CT molecular complexity index is 3270. The highest BCUT2D eigenvalue weighted by molar-refractivity contribution is 7.33. The molecular weight excluding hydrogens is 1010 g/mol. The molecular formula is C53H53N7O15P+. The molecule has 0 spiro atoms. The van der Waals surface area contributed by atoms with Gasteiger partial charge < -0.3 is 43.6 Å². The third-order valence-corrected chi connectivity index (χ3v) is 13.8. The number of carbonyl (C=O) groups is 3. The number of Topliss-reactive ketones (excluding diaryl/α,β-unsaturated/α-hetero) is 1. The maximum Gasteiger partial charge on any atom is 0.697 e. The Kier molecular flexibility index (Phi) is 16.3. The number of hydrogen-bond donors (Lipinski definition) is 3. The molecule has 4 aromatic carbocycles. The Morgan fingerprint density at radius 2 is 1.46 bits per heavy atom. The molecule has 8 atom stereocenters. The summed E-state index contributed by atoms with van der Waals surface area (Å²) in [6.07, 6.45) is -5.42. The molecule has 394 valence electrons. The van der Waals surface area contributed by atoms with Crippen molar-refractivity contribution in [2.75, 3.05) is 32.8 Å². The quantitative estimate of drug-likeness (QED) is 0.0433. The van der Waals surface area contributed by atoms with E-state index in [2.05, 4.69) is 25.3 Å². The predicted octanol–water partition coefficient (Wildman–Crippen LogP) is 5.85. The van der Waals surface area contributed by atoms with E-state index in [1.807, 2.05) is 54.6 Å². The Balaban J connectivity index is 1.04. The first kappa shape index (κ1) is 53.0. The van der Waals surface area contributed by atoms with Crippen LogP contribution in [0.5, 0.6) is 11.5 Å². The van der Waals surface area contributed by atoms with E-state index in [4.69, 9.17) is 37.5 Å². The van der Waals surface area contributed by atoms with Gasteiger partial charge in [0.2, 0.25) is 0 Å². The number of aliphatic hydroxyl groups excluding tert-OH is 1. The number of nitrogens with zero attached hydrogens (tertiary/aromatic N) is 5. The zero-order valence-corrected chi connectivity index (χ0v) is 42.4. The summed E-state index contributed by atoms with van der Waals surface area (Å²) in [7, 11) is -0.0602. The summed E-state index contributed by atoms with van der Waals surface area (Å²) < 4.78 is 65.4. The normalized spacial score (nSPS) is 20.5. The molecule has 3 N–H and O–H groups in total. The number of esters is 1. The van der Waals surface area contributed by atoms with E-state index in [1.165, 1.54) is 37.3 Å². The molecule has 1 amide bonds. The van der Waals surface area contributed by atoms with Crippen LogP contribution in [0.15, 0.2) is 138 Å². The lowest BCUT2D eigenvalue weighted by Gasteiger charge is -2.37. The van der Waals surface area contributed by atoms with Crippen LogP contribution in [-0.2, 0) is 47.8 Å². The number of aromatic nitrogens is 6. The zero-order valence-electron chi connectivity index (χ0n) is 41.5. The van der Waals surface area contributed by atoms with Gasteiger partial charge >= 0.3 is 19.9 Å². The van der Waals surface area contributed by atoms with Crippen LogP contribution in [0.4, 0.5) is 5.82 Å². The van der Waals surface area contributed by atoms with Crippen molar-refractivity contribution in [3.63, 3.8) is 0 Å². The number of imidazole rings is 1. The van der Waals surface area contributed by atoms with Gasteiger partial charge in [-0.1, -0.05) is 72.8 Å². The summed E-state index contributed by atoms with van der Waals surface area (Å²) in [6.45, 7) is 1.99. The van der Waals surface area contributed by atoms with E-state index in [1.54, 1.807) is 68.8 Å². The molecule has 2 aliphatic rings. The molecule has 0 radical (unpaired) electrons. The number of carbonyl (C=O) groups excluding carboxylic acids is 3. The Morgan fingerprint density at radius 3 is 2.11 bits per heavy atom. The monoisotopic (exact) mass is 1060 g/mol. The SMILES string of the molecule is COc1ccc(C(OC[C@H]2O[C@@H](n3cnc4c(NC(=O)c5ccccc5)ncnc43)[C@H](O)[C@@H]2O[P+](=O)OC[C@H]2O[C@@H](n3cc(C)c(=O)[nH]c3=O)C[C@@H]2OC(=O)CCC(C)=O)(c2ccccc2)c2ccc(OC)cc2)cc1. The van der Waals surface area contributed by atoms with Gasteiger partial charge in [-0.2, -0.15) is 0 Å². The molecule has 7 aromatic rings. The smallest absolute Gasteiger partial charge is 0.497 e. The summed E-state index contributed by atoms with van der Waals surface area (Å²) in [6, 6.07) is 32.6. The van der Waals surface area contributed by atoms with E-state index in [0.717, 1.165) is 4.57 Å². The van der Waals surface area contributed by atoms with Crippen molar-refractivity contribution in [2.45, 2.75) is 81.7 Å². The van der Waals surface area contributed by atoms with Gasteiger partial charge in [0.25, 0.3) is 11.5 Å². The van der Waals surface area contributed by atoms with Crippen LogP contribution in [-0.4, -0.2) is 110 Å². The van der Waals surface area contributed by atoms with Crippen LogP contribution in [0.3, 0.4) is 0 Å². The molecule has 0 aliphatic carbocycles. The number of aryl methyl sites for hydroxylation is 1. The standard InChI is InChI=1S/C53H52N7O15P/c1-31-26-59(52(66)58-49(31)64)42-25-39(73-43(62)24-15-32(2)61)40(72-42)28-71-76(67)75-46-41(74-51(45(46)63)60-30-56-44-47(54-29-55-48(44)60)57-50(65)33-11-7-5-8-12-33)27-70-53(34-13-9-6-10-14-34,35-16-20-37(68-3)21-17-35)36-18-22-38(69-4)23-19-36/h5-14,16-23,26,29-30,39-42,45-46,51,63H,15,24-25,27-28H2,1-4H3,(H-,54,55,57,58,64,65,66)/p+1/t39-,40+,41+,42+,45+,46+,51+/m0/s1. The van der Waals surface area contributed by atoms with Crippen LogP contribution in [0.1, 0.15) is 71.3 Å². The Hall–Kier alpha value is -7.82. The largest absolute Gasteiger partial charge is 0.697 e. The Labute approximate surface area is 434 Å². The minimum Gasteiger partial charge on any atom is -0.497 e. The molecule has 3 aromatic heterocycles. The minimum absolute atomic E-state index is 0.0760. The number of rotatable bonds is 21. The first-order chi connectivity index (χ1) is 36.8. The maximum atomic E-state index is 14.2. The second-order valence-electron chi connectivity index (χ2n) is 17.9. The van der Waals surface area contributed by atoms with E-state index in [0.29, 0.717) is 33.8 Å². The summed E-state index contributed by atoms with van der Waals surface area (Å²) in [5, 5.41) is 15.1. The summed E-state index contributed by atoms with van der Waals surface area (Å²) >= 11 is 0. The molecule has 2 fully saturated rings. The number of aliphatic hydroxyl groups is 1. The number of ketones is 1. The van der Waals surface area contributed by atoms with Gasteiger partial charge in [0.1, 0.15) is 66.5 Å². The topological polar surface area (TPSA) is 273 Å². The van der Waals surface area contributed by atoms with Gasteiger partial charge in [-0.05, 0) is 66.9 Å². The molecule has 2 aliphatic heterocycles. The minimum atomic E-state index is -3.18. The van der Waals surface area contributed by atoms with Gasteiger partial charge in [0.15, 0.2) is 29.3 Å². The van der Waals surface area contributed by atoms with Crippen molar-refractivity contribution < 1.29 is 61.5 Å². The summed E-state index contributed by atoms with van der Waals surface area (Å²) in [5.41, 5.74) is 0.228. The fraction of sp³-hybridized carbons (Fsp3) is 0.321. The lowest BCUT2D eigenvalue weighted by Crippen LogP contribution is -2.40. The fourth-order valence-corrected chi connectivity index (χ4v) is 9.90. The molecule has 76 heavy (non-hydrogen) atoms. The second kappa shape index (κ2) is 23.4. The lowest BCUT2D eigenvalue weighted by molar-refractivity contribution is -0.153. The Morgan fingerprint density at radius 1 is 0.816 bits per heavy atom. The first-order valence-electron chi connectivity index (χ1n) is 24.1. The van der Waals surface area contributed by atoms with Crippen LogP contribution in [0.2, 0.25) is 0 Å². The number of amides is 1. The maximum absolute atomic E-state index is 14.2. The zero-order chi connectivity index (χ0) is 53.5. The number of H-pyrrole nitrogens is 1. The highest BCUT2D eigenvalue weighted by Gasteiger charge is 2.53. The average molecular weight is 1060 g/mol. The highest BCUT2D eigenvalue weighted by Crippen LogP contribution is 2.45. The van der Waals surface area contributed by atoms with Gasteiger partial charge in [0, 0.05) is 34.7 Å². The van der Waals surface area contributed by atoms with Crippen molar-refractivity contribution in [1.82, 2.24) is 29.1 Å². The van der Waals surface area contributed by atoms with Gasteiger partial charge in [-0.15, -0.1) is 9.05 Å². The molecule has 0 saturated carbocycles. The predicted molar refractivity (Wildman–Crippen MR) is 271 cm³/mol. The summed E-state index contributed by atoms with van der Waals surface area (Å²) in [4.78, 5) is 78.4. The molecule has 0 bridgehead atoms. The lowest BCUT2D eigenvalue weighted by atomic mass is 9.80. The molecule has 5 heterocycles. The van der Waals surface area contributed by atoms with Crippen molar-refractivity contribution in [3.8, 4) is 11.5 Å². The van der Waals surface area contributed by atoms with E-state index in [-0.39, 0.29) is 54.2 Å². The van der Waals surface area contributed by atoms with Crippen molar-refractivity contribution in [2.24, 2.45) is 0 Å². The van der Waals surface area contributed by atoms with Crippen molar-refractivity contribution >= 4 is 42.9 Å². The van der Waals surface area contributed by atoms with Crippen molar-refractivity contribution in [1.29, 1.82) is 0 Å². The van der Waals surface area contributed by atoms with Crippen LogP contribution >= 0.6 is 8.25 Å². The van der Waals surface area contributed by atoms with Gasteiger partial charge in [0.05, 0.1) is 33.6 Å². The summed E-state index contributed by atoms with van der Waals surface area (Å²) in [5.74, 6) is -0.130. The highest BCUT2D eigenvalue weighted by atomic mass is 31.1. The third-order valence-electron chi connectivity index (χ3n) is 13.0. The number of fused-ring (bicyclic) bond motifs is 1. The molecule has 23 heteroatoms. The van der Waals surface area contributed by atoms with Crippen LogP contribution in [0, 0.1) is 6.92 Å². The number of anilines is 1. The molecule has 2 saturated heterocycles. The average Bonchev–Trinajstić information content (AvgIpc) is 4.16. The van der Waals surface area contributed by atoms with Crippen LogP contribution < -0.4 is 26.0 Å². The number of nitrogens with one attached hydrogen (secondary N) is 2. The number of methoxy groups -OCH3 is 2. The first-order valence-corrected chi connectivity index (χ1v) is 25.1. The number of aromatic amines is 1. The van der Waals surface area contributed by atoms with E-state index >= 15 is 0 Å². The van der Waals surface area contributed by atoms with Gasteiger partial charge in [-0.3, -0.25) is 28.5 Å². The van der Waals surface area contributed by atoms with Crippen LogP contribution in [0.25, 0.3) is 11.2 Å². The second-order valence-corrected chi connectivity index (χ2v) is 18.8. The third kappa shape index (κ3) is 11.4. The van der Waals surface area contributed by atoms with E-state index in [9.17, 15) is 33.6 Å². The molecule has 9 rings (SSSR count). The molecule has 22 nitrogen and oxygen atoms in total. The number of hydrogen-bond acceptors (Lipinski definition) is 18. The van der Waals surface area contributed by atoms with E-state index < -0.39 is 86.6 Å². The van der Waals surface area contributed by atoms with Crippen molar-refractivity contribution in [3.05, 3.63) is 177 Å². The fourth-order valence-electron chi connectivity index (χ4n) is 9.11.